The van der Waals surface area contributed by atoms with Crippen molar-refractivity contribution in [3.05, 3.63) is 29.8 Å². The Hall–Kier alpha value is -1.75. The Morgan fingerprint density at radius 2 is 2.00 bits per heavy atom. The molecule has 2 amide bonds. The molecule has 1 aromatic carbocycles. The average molecular weight is 345 g/mol. The van der Waals surface area contributed by atoms with Crippen LogP contribution in [-0.4, -0.2) is 55.7 Å². The van der Waals surface area contributed by atoms with Crippen molar-refractivity contribution in [2.24, 2.45) is 5.92 Å². The van der Waals surface area contributed by atoms with Gasteiger partial charge in [-0.05, 0) is 57.7 Å². The van der Waals surface area contributed by atoms with Crippen molar-refractivity contribution in [2.45, 2.75) is 44.7 Å². The molecular weight excluding hydrogens is 314 g/mol. The molecule has 1 N–H and O–H groups in total. The van der Waals surface area contributed by atoms with Gasteiger partial charge in [0, 0.05) is 25.2 Å². The number of carbonyl (C=O) groups is 1. The SMILES string of the molecule is COc1ccccc1C(CNC(=O)N(C)C(C)C1CC1)N1CCCC1. The standard InChI is InChI=1S/C20H31N3O2/c1-15(16-10-11-16)22(2)20(24)21-14-18(23-12-6-7-13-23)17-8-4-5-9-19(17)25-3/h4-5,8-9,15-16,18H,6-7,10-14H2,1-3H3,(H,21,24). The summed E-state index contributed by atoms with van der Waals surface area (Å²) in [6.07, 6.45) is 4.93. The second-order valence-electron chi connectivity index (χ2n) is 7.38. The zero-order valence-corrected chi connectivity index (χ0v) is 15.7. The van der Waals surface area contributed by atoms with Crippen LogP contribution in [0.25, 0.3) is 0 Å². The lowest BCUT2D eigenvalue weighted by Crippen LogP contribution is -2.46. The smallest absolute Gasteiger partial charge is 0.317 e. The number of likely N-dealkylation sites (tertiary alicyclic amines) is 1. The van der Waals surface area contributed by atoms with E-state index in [9.17, 15) is 4.79 Å². The summed E-state index contributed by atoms with van der Waals surface area (Å²) in [7, 11) is 3.62. The highest BCUT2D eigenvalue weighted by molar-refractivity contribution is 5.74. The number of hydrogen-bond donors (Lipinski definition) is 1. The normalized spacial score (nSPS) is 20.1. The van der Waals surface area contributed by atoms with Crippen LogP contribution in [0.2, 0.25) is 0 Å². The minimum absolute atomic E-state index is 0.0264. The Morgan fingerprint density at radius 1 is 1.32 bits per heavy atom. The van der Waals surface area contributed by atoms with E-state index in [-0.39, 0.29) is 12.1 Å². The van der Waals surface area contributed by atoms with Crippen molar-refractivity contribution in [3.8, 4) is 5.75 Å². The zero-order valence-electron chi connectivity index (χ0n) is 15.7. The number of rotatable bonds is 7. The van der Waals surface area contributed by atoms with Gasteiger partial charge in [0.2, 0.25) is 0 Å². The molecule has 1 aromatic rings. The lowest BCUT2D eigenvalue weighted by Gasteiger charge is -2.31. The molecule has 0 radical (unpaired) electrons. The Kier molecular flexibility index (Phi) is 5.84. The maximum Gasteiger partial charge on any atom is 0.317 e. The minimum Gasteiger partial charge on any atom is -0.496 e. The highest BCUT2D eigenvalue weighted by Crippen LogP contribution is 2.35. The van der Waals surface area contributed by atoms with Crippen LogP contribution in [-0.2, 0) is 0 Å². The molecular formula is C20H31N3O2. The Balaban J connectivity index is 1.68. The van der Waals surface area contributed by atoms with Crippen molar-refractivity contribution in [1.82, 2.24) is 15.1 Å². The first-order valence-electron chi connectivity index (χ1n) is 9.49. The predicted molar refractivity (Wildman–Crippen MR) is 99.9 cm³/mol. The van der Waals surface area contributed by atoms with Crippen molar-refractivity contribution >= 4 is 6.03 Å². The zero-order chi connectivity index (χ0) is 17.8. The monoisotopic (exact) mass is 345 g/mol. The minimum atomic E-state index is 0.0264. The molecule has 2 aliphatic rings. The molecule has 1 aliphatic carbocycles. The highest BCUT2D eigenvalue weighted by atomic mass is 16.5. The van der Waals surface area contributed by atoms with Gasteiger partial charge in [-0.15, -0.1) is 0 Å². The fourth-order valence-electron chi connectivity index (χ4n) is 3.82. The van der Waals surface area contributed by atoms with Crippen LogP contribution in [0.1, 0.15) is 44.2 Å². The van der Waals surface area contributed by atoms with Crippen LogP contribution in [0, 0.1) is 5.92 Å². The molecule has 3 rings (SSSR count). The summed E-state index contributed by atoms with van der Waals surface area (Å²) in [6.45, 7) is 4.91. The fourth-order valence-corrected chi connectivity index (χ4v) is 3.82. The van der Waals surface area contributed by atoms with Gasteiger partial charge < -0.3 is 15.0 Å². The molecule has 2 atom stereocenters. The highest BCUT2D eigenvalue weighted by Gasteiger charge is 2.33. The van der Waals surface area contributed by atoms with Crippen LogP contribution in [0.5, 0.6) is 5.75 Å². The summed E-state index contributed by atoms with van der Waals surface area (Å²) in [6, 6.07) is 8.66. The van der Waals surface area contributed by atoms with E-state index in [4.69, 9.17) is 4.74 Å². The number of urea groups is 1. The van der Waals surface area contributed by atoms with E-state index in [1.54, 1.807) is 7.11 Å². The molecule has 1 aliphatic heterocycles. The van der Waals surface area contributed by atoms with E-state index < -0.39 is 0 Å². The van der Waals surface area contributed by atoms with Gasteiger partial charge in [-0.25, -0.2) is 4.79 Å². The van der Waals surface area contributed by atoms with Gasteiger partial charge in [-0.3, -0.25) is 4.90 Å². The third-order valence-electron chi connectivity index (χ3n) is 5.76. The molecule has 1 saturated carbocycles. The largest absolute Gasteiger partial charge is 0.496 e. The van der Waals surface area contributed by atoms with E-state index in [0.29, 0.717) is 18.5 Å². The molecule has 138 valence electrons. The van der Waals surface area contributed by atoms with E-state index in [0.717, 1.165) is 24.4 Å². The number of nitrogens with one attached hydrogen (secondary N) is 1. The van der Waals surface area contributed by atoms with E-state index in [1.165, 1.54) is 25.7 Å². The van der Waals surface area contributed by atoms with Gasteiger partial charge in [0.25, 0.3) is 0 Å². The van der Waals surface area contributed by atoms with Gasteiger partial charge in [0.05, 0.1) is 13.2 Å². The first-order valence-corrected chi connectivity index (χ1v) is 9.49. The summed E-state index contributed by atoms with van der Waals surface area (Å²) in [5.74, 6) is 1.58. The Morgan fingerprint density at radius 3 is 2.64 bits per heavy atom. The first-order chi connectivity index (χ1) is 12.1. The van der Waals surface area contributed by atoms with Crippen molar-refractivity contribution in [2.75, 3.05) is 33.8 Å². The molecule has 1 saturated heterocycles. The molecule has 25 heavy (non-hydrogen) atoms. The Bertz CT molecular complexity index is 582. The summed E-state index contributed by atoms with van der Waals surface area (Å²) in [5.41, 5.74) is 1.16. The maximum atomic E-state index is 12.6. The van der Waals surface area contributed by atoms with E-state index in [1.807, 2.05) is 30.1 Å². The van der Waals surface area contributed by atoms with Crippen LogP contribution in [0.3, 0.4) is 0 Å². The first kappa shape index (κ1) is 18.1. The quantitative estimate of drug-likeness (QED) is 0.825. The van der Waals surface area contributed by atoms with Gasteiger partial charge in [-0.2, -0.15) is 0 Å². The van der Waals surface area contributed by atoms with Gasteiger partial charge in [0.1, 0.15) is 5.75 Å². The third kappa shape index (κ3) is 4.27. The molecule has 2 unspecified atom stereocenters. The van der Waals surface area contributed by atoms with Crippen molar-refractivity contribution in [3.63, 3.8) is 0 Å². The topological polar surface area (TPSA) is 44.8 Å². The number of nitrogens with zero attached hydrogens (tertiary/aromatic N) is 2. The van der Waals surface area contributed by atoms with Crippen LogP contribution in [0.4, 0.5) is 4.79 Å². The fraction of sp³-hybridized carbons (Fsp3) is 0.650. The molecule has 5 heteroatoms. The number of hydrogen-bond acceptors (Lipinski definition) is 3. The van der Waals surface area contributed by atoms with Gasteiger partial charge in [-0.1, -0.05) is 18.2 Å². The summed E-state index contributed by atoms with van der Waals surface area (Å²) in [5, 5.41) is 3.16. The van der Waals surface area contributed by atoms with E-state index >= 15 is 0 Å². The molecule has 0 spiro atoms. The number of benzene rings is 1. The average Bonchev–Trinajstić information content (AvgIpc) is 3.36. The lowest BCUT2D eigenvalue weighted by atomic mass is 10.0. The summed E-state index contributed by atoms with van der Waals surface area (Å²) < 4.78 is 5.57. The summed E-state index contributed by atoms with van der Waals surface area (Å²) >= 11 is 0. The number of para-hydroxylation sites is 1. The number of methoxy groups -OCH3 is 1. The molecule has 0 bridgehead atoms. The third-order valence-corrected chi connectivity index (χ3v) is 5.76. The van der Waals surface area contributed by atoms with Crippen LogP contribution >= 0.6 is 0 Å². The molecule has 0 aromatic heterocycles. The lowest BCUT2D eigenvalue weighted by molar-refractivity contribution is 0.179. The number of ether oxygens (including phenoxy) is 1. The summed E-state index contributed by atoms with van der Waals surface area (Å²) in [4.78, 5) is 16.9. The molecule has 5 nitrogen and oxygen atoms in total. The molecule has 1 heterocycles. The molecule has 2 fully saturated rings. The predicted octanol–water partition coefficient (Wildman–Crippen LogP) is 3.27. The maximum absolute atomic E-state index is 12.6. The second-order valence-corrected chi connectivity index (χ2v) is 7.38. The number of amides is 2. The van der Waals surface area contributed by atoms with Gasteiger partial charge in [0.15, 0.2) is 0 Å². The number of carbonyl (C=O) groups excluding carboxylic acids is 1. The van der Waals surface area contributed by atoms with Crippen molar-refractivity contribution in [1.29, 1.82) is 0 Å². The van der Waals surface area contributed by atoms with Crippen LogP contribution < -0.4 is 10.1 Å². The van der Waals surface area contributed by atoms with Crippen molar-refractivity contribution < 1.29 is 9.53 Å². The van der Waals surface area contributed by atoms with Crippen LogP contribution in [0.15, 0.2) is 24.3 Å². The van der Waals surface area contributed by atoms with E-state index in [2.05, 4.69) is 23.2 Å². The Labute approximate surface area is 151 Å². The van der Waals surface area contributed by atoms with Gasteiger partial charge >= 0.3 is 6.03 Å². The second kappa shape index (κ2) is 8.09.